The van der Waals surface area contributed by atoms with E-state index in [0.717, 1.165) is 44.0 Å². The normalized spacial score (nSPS) is 13.3. The summed E-state index contributed by atoms with van der Waals surface area (Å²) in [6.45, 7) is 4.71. The molecule has 2 aromatic heterocycles. The minimum absolute atomic E-state index is 0.0915. The third-order valence-corrected chi connectivity index (χ3v) is 13.4. The molecular formula is C57H37N3. The molecule has 0 unspecified atom stereocenters. The largest absolute Gasteiger partial charge is 0.278 e. The lowest BCUT2D eigenvalue weighted by molar-refractivity contribution is 0.661. The number of hydrogen-bond donors (Lipinski definition) is 0. The van der Waals surface area contributed by atoms with Crippen LogP contribution in [0.3, 0.4) is 0 Å². The van der Waals surface area contributed by atoms with Crippen molar-refractivity contribution in [2.75, 3.05) is 0 Å². The Bertz CT molecular complexity index is 3800. The van der Waals surface area contributed by atoms with Gasteiger partial charge in [0.15, 0.2) is 0 Å². The molecule has 2 heterocycles. The molecule has 0 radical (unpaired) electrons. The van der Waals surface area contributed by atoms with Gasteiger partial charge in [-0.15, -0.1) is 0 Å². The number of para-hydroxylation sites is 1. The zero-order valence-electron chi connectivity index (χ0n) is 33.2. The van der Waals surface area contributed by atoms with E-state index in [1.165, 1.54) is 76.5 Å². The van der Waals surface area contributed by atoms with Crippen LogP contribution in [0.4, 0.5) is 0 Å². The van der Waals surface area contributed by atoms with E-state index in [1.807, 2.05) is 0 Å². The Hall–Kier alpha value is -7.62. The van der Waals surface area contributed by atoms with Gasteiger partial charge in [-0.05, 0) is 95.3 Å². The quantitative estimate of drug-likeness (QED) is 0.168. The Morgan fingerprint density at radius 1 is 0.400 bits per heavy atom. The summed E-state index contributed by atoms with van der Waals surface area (Å²) in [7, 11) is 0. The lowest BCUT2D eigenvalue weighted by Crippen LogP contribution is -2.14. The van der Waals surface area contributed by atoms with Crippen molar-refractivity contribution in [3.63, 3.8) is 0 Å². The standard InChI is InChI=1S/C57H37N3/c1-57(2)48-21-11-9-20-45(48)52-46-33-51-47(32-39(46)29-30-49(52)57)42-17-10-12-22-50(42)60(51)56-58-54(36-26-23-35(24-27-36)38-28-25-34-13-3-4-14-37(34)31-38)53-43-18-7-5-15-40(43)41-16-6-8-19-44(41)55(53)59-56/h3-33H,1-2H3. The van der Waals surface area contributed by atoms with E-state index in [-0.39, 0.29) is 5.41 Å². The van der Waals surface area contributed by atoms with Crippen molar-refractivity contribution in [2.24, 2.45) is 0 Å². The highest BCUT2D eigenvalue weighted by molar-refractivity contribution is 6.27. The molecule has 0 bridgehead atoms. The molecule has 280 valence electrons. The van der Waals surface area contributed by atoms with E-state index in [0.29, 0.717) is 5.95 Å². The molecular weight excluding hydrogens is 727 g/mol. The van der Waals surface area contributed by atoms with Gasteiger partial charge in [0.2, 0.25) is 5.95 Å². The second-order valence-corrected chi connectivity index (χ2v) is 16.9. The van der Waals surface area contributed by atoms with E-state index in [1.54, 1.807) is 0 Å². The molecule has 12 aromatic rings. The summed E-state index contributed by atoms with van der Waals surface area (Å²) in [6.07, 6.45) is 0. The minimum atomic E-state index is -0.0915. The van der Waals surface area contributed by atoms with Gasteiger partial charge < -0.3 is 0 Å². The predicted octanol–water partition coefficient (Wildman–Crippen LogP) is 15.0. The smallest absolute Gasteiger partial charge is 0.235 e. The number of fused-ring (bicyclic) bond motifs is 15. The molecule has 3 nitrogen and oxygen atoms in total. The Labute approximate surface area is 346 Å². The van der Waals surface area contributed by atoms with Crippen LogP contribution in [0.2, 0.25) is 0 Å². The van der Waals surface area contributed by atoms with E-state index < -0.39 is 0 Å². The summed E-state index contributed by atoms with van der Waals surface area (Å²) >= 11 is 0. The number of rotatable bonds is 3. The molecule has 1 aliphatic carbocycles. The zero-order valence-corrected chi connectivity index (χ0v) is 33.2. The van der Waals surface area contributed by atoms with E-state index in [9.17, 15) is 0 Å². The Balaban J connectivity index is 1.12. The van der Waals surface area contributed by atoms with Gasteiger partial charge in [0.05, 0.1) is 22.2 Å². The van der Waals surface area contributed by atoms with Crippen LogP contribution in [0.1, 0.15) is 25.0 Å². The van der Waals surface area contributed by atoms with Crippen LogP contribution < -0.4 is 0 Å². The first-order valence-corrected chi connectivity index (χ1v) is 20.8. The second kappa shape index (κ2) is 12.2. The molecule has 1 aliphatic rings. The Kier molecular flexibility index (Phi) is 6.78. The molecule has 0 fully saturated rings. The van der Waals surface area contributed by atoms with Crippen molar-refractivity contribution >= 4 is 75.8 Å². The summed E-state index contributed by atoms with van der Waals surface area (Å²) in [5.74, 6) is 0.662. The van der Waals surface area contributed by atoms with Gasteiger partial charge >= 0.3 is 0 Å². The molecule has 3 heteroatoms. The number of hydrogen-bond acceptors (Lipinski definition) is 2. The average molecular weight is 764 g/mol. The molecule has 13 rings (SSSR count). The third-order valence-electron chi connectivity index (χ3n) is 13.4. The van der Waals surface area contributed by atoms with Gasteiger partial charge in [-0.3, -0.25) is 4.57 Å². The van der Waals surface area contributed by atoms with Gasteiger partial charge in [-0.1, -0.05) is 178 Å². The minimum Gasteiger partial charge on any atom is -0.278 e. The maximum absolute atomic E-state index is 5.68. The topological polar surface area (TPSA) is 30.7 Å². The van der Waals surface area contributed by atoms with Crippen molar-refractivity contribution in [3.05, 3.63) is 199 Å². The van der Waals surface area contributed by atoms with Gasteiger partial charge in [0, 0.05) is 32.5 Å². The van der Waals surface area contributed by atoms with Gasteiger partial charge in [-0.2, -0.15) is 0 Å². The van der Waals surface area contributed by atoms with Crippen LogP contribution in [0, 0.1) is 0 Å². The van der Waals surface area contributed by atoms with Gasteiger partial charge in [0.25, 0.3) is 0 Å². The van der Waals surface area contributed by atoms with Crippen molar-refractivity contribution in [1.82, 2.24) is 14.5 Å². The summed E-state index contributed by atoms with van der Waals surface area (Å²) < 4.78 is 2.31. The van der Waals surface area contributed by atoms with Gasteiger partial charge in [-0.25, -0.2) is 9.97 Å². The molecule has 0 N–H and O–H groups in total. The number of benzene rings is 10. The molecule has 0 aliphatic heterocycles. The fourth-order valence-electron chi connectivity index (χ4n) is 10.5. The van der Waals surface area contributed by atoms with Crippen molar-refractivity contribution < 1.29 is 0 Å². The molecule has 0 amide bonds. The summed E-state index contributed by atoms with van der Waals surface area (Å²) in [5.41, 5.74) is 12.8. The van der Waals surface area contributed by atoms with Crippen LogP contribution in [-0.4, -0.2) is 14.5 Å². The van der Waals surface area contributed by atoms with Crippen molar-refractivity contribution in [3.8, 4) is 39.5 Å². The van der Waals surface area contributed by atoms with Crippen molar-refractivity contribution in [2.45, 2.75) is 19.3 Å². The van der Waals surface area contributed by atoms with Crippen LogP contribution in [-0.2, 0) is 5.41 Å². The summed E-state index contributed by atoms with van der Waals surface area (Å²) in [6, 6.07) is 68.7. The monoisotopic (exact) mass is 763 g/mol. The number of nitrogens with zero attached hydrogens (tertiary/aromatic N) is 3. The molecule has 0 saturated heterocycles. The number of aromatic nitrogens is 3. The highest BCUT2D eigenvalue weighted by Gasteiger charge is 2.36. The van der Waals surface area contributed by atoms with Crippen LogP contribution in [0.25, 0.3) is 115 Å². The first-order valence-electron chi connectivity index (χ1n) is 20.8. The van der Waals surface area contributed by atoms with E-state index in [4.69, 9.17) is 9.97 Å². The lowest BCUT2D eigenvalue weighted by Gasteiger charge is -2.21. The van der Waals surface area contributed by atoms with Gasteiger partial charge in [0.1, 0.15) is 0 Å². The lowest BCUT2D eigenvalue weighted by atomic mass is 9.82. The Morgan fingerprint density at radius 3 is 1.87 bits per heavy atom. The second-order valence-electron chi connectivity index (χ2n) is 16.9. The predicted molar refractivity (Wildman–Crippen MR) is 252 cm³/mol. The molecule has 60 heavy (non-hydrogen) atoms. The fraction of sp³-hybridized carbons (Fsp3) is 0.0526. The average Bonchev–Trinajstić information content (AvgIpc) is 3.75. The first-order chi connectivity index (χ1) is 29.5. The maximum Gasteiger partial charge on any atom is 0.235 e. The molecule has 10 aromatic carbocycles. The third kappa shape index (κ3) is 4.60. The van der Waals surface area contributed by atoms with Crippen molar-refractivity contribution in [1.29, 1.82) is 0 Å². The molecule has 0 saturated carbocycles. The summed E-state index contributed by atoms with van der Waals surface area (Å²) in [4.78, 5) is 11.3. The molecule has 0 atom stereocenters. The highest BCUT2D eigenvalue weighted by Crippen LogP contribution is 2.52. The van der Waals surface area contributed by atoms with Crippen LogP contribution in [0.5, 0.6) is 0 Å². The fourth-order valence-corrected chi connectivity index (χ4v) is 10.5. The first kappa shape index (κ1) is 33.4. The van der Waals surface area contributed by atoms with E-state index in [2.05, 4.69) is 206 Å². The molecule has 0 spiro atoms. The summed E-state index contributed by atoms with van der Waals surface area (Å²) in [5, 5.41) is 13.1. The Morgan fingerprint density at radius 2 is 1.03 bits per heavy atom. The SMILES string of the molecule is CC1(C)c2ccccc2-c2c1ccc1cc3c4ccccc4n(-c4nc(-c5ccc(-c6ccc7ccccc7c6)cc5)c5c6ccccc6c6ccccc6c5n4)c3cc21. The highest BCUT2D eigenvalue weighted by atomic mass is 15.2. The maximum atomic E-state index is 5.68. The van der Waals surface area contributed by atoms with E-state index >= 15 is 0 Å². The zero-order chi connectivity index (χ0) is 39.7. The van der Waals surface area contributed by atoms with Crippen LogP contribution in [0.15, 0.2) is 188 Å². The van der Waals surface area contributed by atoms with Crippen LogP contribution >= 0.6 is 0 Å².